The number of nitrogens with one attached hydrogen (secondary N) is 1. The van der Waals surface area contributed by atoms with E-state index in [-0.39, 0.29) is 10.8 Å². The fourth-order valence-electron chi connectivity index (χ4n) is 1.97. The molecule has 0 aromatic carbocycles. The molecule has 106 valence electrons. The van der Waals surface area contributed by atoms with Crippen molar-refractivity contribution in [1.82, 2.24) is 9.62 Å². The van der Waals surface area contributed by atoms with Gasteiger partial charge in [0.25, 0.3) is 0 Å². The summed E-state index contributed by atoms with van der Waals surface area (Å²) in [7, 11) is -3.62. The minimum absolute atomic E-state index is 0.143. The summed E-state index contributed by atoms with van der Waals surface area (Å²) in [6, 6.07) is 2.56. The number of rotatable bonds is 3. The van der Waals surface area contributed by atoms with E-state index in [1.807, 2.05) is 0 Å². The standard InChI is InChI=1S/C10H13ClN2O4S2/c11-8-3-4-9(18-8)19(16,17)12-7-2-1-5-13(6-7)10(14)15/h3-4,7,12H,1-2,5-6H2,(H,14,15)/t7-/m0/s1. The van der Waals surface area contributed by atoms with Gasteiger partial charge >= 0.3 is 6.09 Å². The van der Waals surface area contributed by atoms with E-state index in [9.17, 15) is 13.2 Å². The van der Waals surface area contributed by atoms with Gasteiger partial charge in [0.1, 0.15) is 4.21 Å². The highest BCUT2D eigenvalue weighted by Crippen LogP contribution is 2.26. The smallest absolute Gasteiger partial charge is 0.407 e. The van der Waals surface area contributed by atoms with Crippen LogP contribution < -0.4 is 4.72 Å². The average Bonchev–Trinajstić information content (AvgIpc) is 2.76. The Morgan fingerprint density at radius 3 is 2.84 bits per heavy atom. The molecular formula is C10H13ClN2O4S2. The van der Waals surface area contributed by atoms with Crippen molar-refractivity contribution in [3.05, 3.63) is 16.5 Å². The molecule has 0 bridgehead atoms. The van der Waals surface area contributed by atoms with E-state index in [4.69, 9.17) is 16.7 Å². The number of carboxylic acid groups (broad SMARTS) is 1. The largest absolute Gasteiger partial charge is 0.465 e. The van der Waals surface area contributed by atoms with Crippen molar-refractivity contribution in [3.8, 4) is 0 Å². The second-order valence-corrected chi connectivity index (χ2v) is 7.90. The maximum atomic E-state index is 12.1. The summed E-state index contributed by atoms with van der Waals surface area (Å²) in [5.41, 5.74) is 0. The molecule has 19 heavy (non-hydrogen) atoms. The minimum Gasteiger partial charge on any atom is -0.465 e. The van der Waals surface area contributed by atoms with Crippen LogP contribution in [0, 0.1) is 0 Å². The van der Waals surface area contributed by atoms with E-state index < -0.39 is 22.2 Å². The average molecular weight is 325 g/mol. The highest BCUT2D eigenvalue weighted by atomic mass is 35.5. The van der Waals surface area contributed by atoms with E-state index in [0.717, 1.165) is 11.3 Å². The first kappa shape index (κ1) is 14.6. The lowest BCUT2D eigenvalue weighted by Crippen LogP contribution is -2.49. The van der Waals surface area contributed by atoms with Crippen molar-refractivity contribution in [2.45, 2.75) is 23.1 Å². The van der Waals surface area contributed by atoms with Gasteiger partial charge in [-0.3, -0.25) is 0 Å². The number of piperidine rings is 1. The number of nitrogens with zero attached hydrogens (tertiary/aromatic N) is 1. The summed E-state index contributed by atoms with van der Waals surface area (Å²) in [6.07, 6.45) is 0.246. The third-order valence-electron chi connectivity index (χ3n) is 2.83. The molecule has 1 aromatic rings. The minimum atomic E-state index is -3.62. The van der Waals surface area contributed by atoms with Gasteiger partial charge in [0.15, 0.2) is 0 Å². The molecule has 2 rings (SSSR count). The Morgan fingerprint density at radius 1 is 1.53 bits per heavy atom. The van der Waals surface area contributed by atoms with Crippen LogP contribution in [0.3, 0.4) is 0 Å². The van der Waals surface area contributed by atoms with Crippen LogP contribution in [0.15, 0.2) is 16.3 Å². The first-order valence-electron chi connectivity index (χ1n) is 5.64. The zero-order chi connectivity index (χ0) is 14.0. The van der Waals surface area contributed by atoms with E-state index in [1.54, 1.807) is 0 Å². The third-order valence-corrected chi connectivity index (χ3v) is 6.07. The number of halogens is 1. The zero-order valence-electron chi connectivity index (χ0n) is 9.87. The summed E-state index contributed by atoms with van der Waals surface area (Å²) in [5, 5.41) is 8.91. The Morgan fingerprint density at radius 2 is 2.26 bits per heavy atom. The number of sulfonamides is 1. The topological polar surface area (TPSA) is 86.7 Å². The Labute approximate surface area is 120 Å². The molecule has 1 amide bonds. The lowest BCUT2D eigenvalue weighted by molar-refractivity contribution is 0.129. The predicted octanol–water partition coefficient (Wildman–Crippen LogP) is 1.82. The molecule has 1 fully saturated rings. The molecule has 0 radical (unpaired) electrons. The van der Waals surface area contributed by atoms with Gasteiger partial charge in [0.2, 0.25) is 10.0 Å². The summed E-state index contributed by atoms with van der Waals surface area (Å²) < 4.78 is 27.2. The van der Waals surface area contributed by atoms with Crippen LogP contribution in [0.2, 0.25) is 4.34 Å². The van der Waals surface area contributed by atoms with Gasteiger partial charge in [-0.25, -0.2) is 17.9 Å². The molecule has 2 heterocycles. The van der Waals surface area contributed by atoms with Crippen molar-refractivity contribution in [2.24, 2.45) is 0 Å². The summed E-state index contributed by atoms with van der Waals surface area (Å²) in [5.74, 6) is 0. The Balaban J connectivity index is 2.06. The normalized spacial score (nSPS) is 20.5. The van der Waals surface area contributed by atoms with Crippen LogP contribution in [0.5, 0.6) is 0 Å². The van der Waals surface area contributed by atoms with Crippen LogP contribution in [0.1, 0.15) is 12.8 Å². The molecular weight excluding hydrogens is 312 g/mol. The van der Waals surface area contributed by atoms with Gasteiger partial charge in [-0.05, 0) is 25.0 Å². The van der Waals surface area contributed by atoms with Crippen LogP contribution in [-0.2, 0) is 10.0 Å². The molecule has 1 aromatic heterocycles. The van der Waals surface area contributed by atoms with Crippen molar-refractivity contribution in [3.63, 3.8) is 0 Å². The van der Waals surface area contributed by atoms with Gasteiger partial charge < -0.3 is 10.0 Å². The number of hydrogen-bond donors (Lipinski definition) is 2. The van der Waals surface area contributed by atoms with Crippen molar-refractivity contribution in [1.29, 1.82) is 0 Å². The van der Waals surface area contributed by atoms with E-state index in [2.05, 4.69) is 4.72 Å². The summed E-state index contributed by atoms with van der Waals surface area (Å²) in [6.45, 7) is 0.617. The number of likely N-dealkylation sites (tertiary alicyclic amines) is 1. The van der Waals surface area contributed by atoms with Gasteiger partial charge in [-0.15, -0.1) is 11.3 Å². The molecule has 1 atom stereocenters. The second kappa shape index (κ2) is 5.66. The number of thiophene rings is 1. The lowest BCUT2D eigenvalue weighted by atomic mass is 10.1. The SMILES string of the molecule is O=C(O)N1CCC[C@H](NS(=O)(=O)c2ccc(Cl)s2)C1. The quantitative estimate of drug-likeness (QED) is 0.888. The second-order valence-electron chi connectivity index (χ2n) is 4.25. The molecule has 0 spiro atoms. The number of hydrogen-bond acceptors (Lipinski definition) is 4. The molecule has 0 unspecified atom stereocenters. The first-order chi connectivity index (χ1) is 8.88. The summed E-state index contributed by atoms with van der Waals surface area (Å²) in [4.78, 5) is 12.1. The van der Waals surface area contributed by atoms with Crippen molar-refractivity contribution < 1.29 is 18.3 Å². The van der Waals surface area contributed by atoms with Crippen LogP contribution in [0.4, 0.5) is 4.79 Å². The first-order valence-corrected chi connectivity index (χ1v) is 8.32. The highest BCUT2D eigenvalue weighted by molar-refractivity contribution is 7.91. The van der Waals surface area contributed by atoms with Gasteiger partial charge in [-0.1, -0.05) is 11.6 Å². The van der Waals surface area contributed by atoms with E-state index in [1.165, 1.54) is 17.0 Å². The predicted molar refractivity (Wildman–Crippen MR) is 72.3 cm³/mol. The monoisotopic (exact) mass is 324 g/mol. The zero-order valence-corrected chi connectivity index (χ0v) is 12.3. The molecule has 6 nitrogen and oxygen atoms in total. The molecule has 1 saturated heterocycles. The van der Waals surface area contributed by atoms with Gasteiger partial charge in [-0.2, -0.15) is 0 Å². The van der Waals surface area contributed by atoms with E-state index >= 15 is 0 Å². The lowest BCUT2D eigenvalue weighted by Gasteiger charge is -2.30. The van der Waals surface area contributed by atoms with E-state index in [0.29, 0.717) is 23.7 Å². The number of carbonyl (C=O) groups is 1. The Bertz CT molecular complexity index is 572. The molecule has 0 aliphatic carbocycles. The maximum absolute atomic E-state index is 12.1. The summed E-state index contributed by atoms with van der Waals surface area (Å²) >= 11 is 6.69. The third kappa shape index (κ3) is 3.59. The van der Waals surface area contributed by atoms with Crippen LogP contribution >= 0.6 is 22.9 Å². The molecule has 2 N–H and O–H groups in total. The Hall–Kier alpha value is -0.830. The Kier molecular flexibility index (Phi) is 4.34. The highest BCUT2D eigenvalue weighted by Gasteiger charge is 2.27. The van der Waals surface area contributed by atoms with Crippen molar-refractivity contribution >= 4 is 39.1 Å². The maximum Gasteiger partial charge on any atom is 0.407 e. The molecule has 9 heteroatoms. The molecule has 1 aliphatic rings. The number of amides is 1. The fraction of sp³-hybridized carbons (Fsp3) is 0.500. The van der Waals surface area contributed by atoms with Crippen LogP contribution in [0.25, 0.3) is 0 Å². The van der Waals surface area contributed by atoms with Crippen molar-refractivity contribution in [2.75, 3.05) is 13.1 Å². The van der Waals surface area contributed by atoms with Gasteiger partial charge in [0.05, 0.1) is 4.34 Å². The van der Waals surface area contributed by atoms with Crippen LogP contribution in [-0.4, -0.2) is 43.6 Å². The molecule has 1 aliphatic heterocycles. The van der Waals surface area contributed by atoms with Gasteiger partial charge in [0, 0.05) is 19.1 Å². The molecule has 0 saturated carbocycles. The fourth-order valence-corrected chi connectivity index (χ4v) is 4.73.